The summed E-state index contributed by atoms with van der Waals surface area (Å²) in [4.78, 5) is 0.157. The fourth-order valence-electron chi connectivity index (χ4n) is 1.24. The fraction of sp³-hybridized carbons (Fsp3) is 0. The van der Waals surface area contributed by atoms with Crippen molar-refractivity contribution >= 4 is 0 Å². The van der Waals surface area contributed by atoms with Crippen LogP contribution < -0.4 is 0 Å². The molecule has 0 aliphatic carbocycles. The normalized spacial score (nSPS) is 9.93. The third kappa shape index (κ3) is 1.70. The highest BCUT2D eigenvalue weighted by molar-refractivity contribution is 5.63. The molecule has 0 aliphatic rings. The van der Waals surface area contributed by atoms with Crippen molar-refractivity contribution in [3.05, 3.63) is 42.0 Å². The number of nitriles is 1. The Bertz CT molecular complexity index is 540. The largest absolute Gasteiger partial charge is 0.206 e. The zero-order chi connectivity index (χ0) is 10.8. The highest BCUT2D eigenvalue weighted by Crippen LogP contribution is 2.21. The Kier molecular flexibility index (Phi) is 2.18. The van der Waals surface area contributed by atoms with E-state index in [0.29, 0.717) is 11.1 Å². The van der Waals surface area contributed by atoms with Crippen LogP contribution in [-0.4, -0.2) is 10.0 Å². The van der Waals surface area contributed by atoms with Crippen LogP contribution in [0.1, 0.15) is 5.56 Å². The molecule has 74 valence electrons. The Hall–Kier alpha value is -2.22. The summed E-state index contributed by atoms with van der Waals surface area (Å²) >= 11 is 0. The highest BCUT2D eigenvalue weighted by Gasteiger charge is 2.06. The Balaban J connectivity index is 2.51. The molecule has 1 aromatic carbocycles. The van der Waals surface area contributed by atoms with Crippen molar-refractivity contribution in [2.45, 2.75) is 0 Å². The monoisotopic (exact) mass is 205 g/mol. The van der Waals surface area contributed by atoms with Gasteiger partial charge >= 0.3 is 0 Å². The number of aromatic nitrogens is 2. The second-order valence-corrected chi connectivity index (χ2v) is 2.92. The number of benzene rings is 1. The first-order valence-electron chi connectivity index (χ1n) is 4.11. The quantitative estimate of drug-likeness (QED) is 0.716. The summed E-state index contributed by atoms with van der Waals surface area (Å²) in [5, 5.41) is 12.0. The van der Waals surface area contributed by atoms with Gasteiger partial charge < -0.3 is 0 Å². The molecule has 2 rings (SSSR count). The molecule has 0 atom stereocenters. The lowest BCUT2D eigenvalue weighted by Gasteiger charge is -1.98. The smallest absolute Gasteiger partial charge is 0.140 e. The van der Waals surface area contributed by atoms with E-state index in [9.17, 15) is 8.87 Å². The molecule has 0 saturated carbocycles. The molecule has 1 aromatic heterocycles. The van der Waals surface area contributed by atoms with Crippen LogP contribution in [0.5, 0.6) is 0 Å². The van der Waals surface area contributed by atoms with Gasteiger partial charge in [0, 0.05) is 5.56 Å². The van der Waals surface area contributed by atoms with Gasteiger partial charge in [-0.15, -0.1) is 4.90 Å². The summed E-state index contributed by atoms with van der Waals surface area (Å²) in [5.74, 6) is -0.589. The van der Waals surface area contributed by atoms with E-state index in [4.69, 9.17) is 5.26 Å². The number of halogens is 2. The molecule has 0 amide bonds. The maximum Gasteiger partial charge on any atom is 0.140 e. The first-order valence-corrected chi connectivity index (χ1v) is 4.11. The van der Waals surface area contributed by atoms with Crippen LogP contribution in [0.25, 0.3) is 11.1 Å². The molecule has 5 heteroatoms. The van der Waals surface area contributed by atoms with Crippen LogP contribution in [0, 0.1) is 17.1 Å². The van der Waals surface area contributed by atoms with Crippen molar-refractivity contribution in [1.82, 2.24) is 10.0 Å². The van der Waals surface area contributed by atoms with Crippen LogP contribution in [-0.2, 0) is 0 Å². The summed E-state index contributed by atoms with van der Waals surface area (Å²) in [7, 11) is 0. The van der Waals surface area contributed by atoms with Gasteiger partial charge in [0.05, 0.1) is 18.0 Å². The van der Waals surface area contributed by atoms with Gasteiger partial charge in [-0.1, -0.05) is 10.5 Å². The van der Waals surface area contributed by atoms with Crippen LogP contribution in [0.3, 0.4) is 0 Å². The molecule has 0 radical (unpaired) electrons. The molecule has 1 heterocycles. The van der Waals surface area contributed by atoms with Gasteiger partial charge in [-0.25, -0.2) is 4.39 Å². The molecule has 2 aromatic rings. The average Bonchev–Trinajstić information content (AvgIpc) is 2.66. The average molecular weight is 205 g/mol. The van der Waals surface area contributed by atoms with Gasteiger partial charge in [0.1, 0.15) is 11.9 Å². The van der Waals surface area contributed by atoms with E-state index in [0.717, 1.165) is 6.20 Å². The number of hydrogen-bond donors (Lipinski definition) is 0. The van der Waals surface area contributed by atoms with E-state index in [1.807, 2.05) is 0 Å². The summed E-state index contributed by atoms with van der Waals surface area (Å²) in [6.07, 6.45) is 2.45. The Labute approximate surface area is 84.1 Å². The van der Waals surface area contributed by atoms with Crippen molar-refractivity contribution in [3.8, 4) is 17.2 Å². The Morgan fingerprint density at radius 2 is 2.13 bits per heavy atom. The topological polar surface area (TPSA) is 41.6 Å². The van der Waals surface area contributed by atoms with Gasteiger partial charge in [-0.05, 0) is 17.7 Å². The standard InChI is InChI=1S/C10H5F2N3/c11-10-2-1-7(3-8(10)4-13)9-5-14-15(12)6-9/h1-3,5-6H. The predicted octanol–water partition coefficient (Wildman–Crippen LogP) is 2.29. The van der Waals surface area contributed by atoms with E-state index in [1.165, 1.54) is 24.4 Å². The van der Waals surface area contributed by atoms with E-state index in [1.54, 1.807) is 6.07 Å². The second kappa shape index (κ2) is 3.50. The maximum atomic E-state index is 13.0. The molecule has 3 nitrogen and oxygen atoms in total. The lowest BCUT2D eigenvalue weighted by atomic mass is 10.1. The molecule has 0 aliphatic heterocycles. The first-order chi connectivity index (χ1) is 7.20. The first kappa shape index (κ1) is 9.34. The van der Waals surface area contributed by atoms with Crippen LogP contribution in [0.2, 0.25) is 0 Å². The van der Waals surface area contributed by atoms with Crippen molar-refractivity contribution in [2.75, 3.05) is 0 Å². The molecule has 0 saturated heterocycles. The minimum Gasteiger partial charge on any atom is -0.206 e. The SMILES string of the molecule is N#Cc1cc(-c2cnn(F)c2)ccc1F. The molecule has 0 bridgehead atoms. The van der Waals surface area contributed by atoms with Crippen molar-refractivity contribution in [3.63, 3.8) is 0 Å². The fourth-order valence-corrected chi connectivity index (χ4v) is 1.24. The van der Waals surface area contributed by atoms with Gasteiger partial charge in [0.2, 0.25) is 0 Å². The molecule has 15 heavy (non-hydrogen) atoms. The third-order valence-electron chi connectivity index (χ3n) is 1.97. The summed E-state index contributed by atoms with van der Waals surface area (Å²) in [6, 6.07) is 5.71. The molecule has 0 fully saturated rings. The Morgan fingerprint density at radius 3 is 2.73 bits per heavy atom. The predicted molar refractivity (Wildman–Crippen MR) is 48.8 cm³/mol. The van der Waals surface area contributed by atoms with Gasteiger partial charge in [0.25, 0.3) is 0 Å². The Morgan fingerprint density at radius 1 is 1.33 bits per heavy atom. The third-order valence-corrected chi connectivity index (χ3v) is 1.97. The van der Waals surface area contributed by atoms with E-state index in [2.05, 4.69) is 5.10 Å². The van der Waals surface area contributed by atoms with E-state index in [-0.39, 0.29) is 10.5 Å². The lowest BCUT2D eigenvalue weighted by molar-refractivity contribution is 0.316. The number of rotatable bonds is 1. The number of nitrogens with zero attached hydrogens (tertiary/aromatic N) is 3. The van der Waals surface area contributed by atoms with E-state index < -0.39 is 5.82 Å². The van der Waals surface area contributed by atoms with Crippen LogP contribution in [0.15, 0.2) is 30.6 Å². The van der Waals surface area contributed by atoms with Gasteiger partial charge in [-0.2, -0.15) is 10.4 Å². The van der Waals surface area contributed by atoms with Crippen molar-refractivity contribution < 1.29 is 8.87 Å². The molecule has 0 unspecified atom stereocenters. The minimum absolute atomic E-state index is 0.0703. The number of hydrogen-bond acceptors (Lipinski definition) is 2. The molecule has 0 spiro atoms. The summed E-state index contributed by atoms with van der Waals surface area (Å²) in [5.41, 5.74) is 0.977. The summed E-state index contributed by atoms with van der Waals surface area (Å²) in [6.45, 7) is 0. The highest BCUT2D eigenvalue weighted by atomic mass is 19.2. The van der Waals surface area contributed by atoms with Crippen molar-refractivity contribution in [1.29, 1.82) is 5.26 Å². The molecule has 0 N–H and O–H groups in total. The van der Waals surface area contributed by atoms with Gasteiger partial charge in [-0.3, -0.25) is 0 Å². The van der Waals surface area contributed by atoms with Gasteiger partial charge in [0.15, 0.2) is 0 Å². The van der Waals surface area contributed by atoms with Crippen LogP contribution >= 0.6 is 0 Å². The van der Waals surface area contributed by atoms with E-state index >= 15 is 0 Å². The lowest BCUT2D eigenvalue weighted by Crippen LogP contribution is -1.84. The zero-order valence-electron chi connectivity index (χ0n) is 7.48. The molecular weight excluding hydrogens is 200 g/mol. The minimum atomic E-state index is -0.589. The van der Waals surface area contributed by atoms with Crippen molar-refractivity contribution in [2.24, 2.45) is 0 Å². The maximum absolute atomic E-state index is 13.0. The summed E-state index contributed by atoms with van der Waals surface area (Å²) < 4.78 is 25.5. The van der Waals surface area contributed by atoms with Crippen LogP contribution in [0.4, 0.5) is 8.87 Å². The second-order valence-electron chi connectivity index (χ2n) is 2.92. The molecular formula is C10H5F2N3. The zero-order valence-corrected chi connectivity index (χ0v) is 7.48.